The first kappa shape index (κ1) is 14.4. The van der Waals surface area contributed by atoms with Gasteiger partial charge in [0.2, 0.25) is 0 Å². The van der Waals surface area contributed by atoms with Gasteiger partial charge < -0.3 is 5.11 Å². The molecule has 102 valence electrons. The number of halogens is 1. The molecule has 0 aliphatic carbocycles. The standard InChI is InChI=1S/C9H7BrN2O4S3/c10-6-1-2-8(18-6)19(15,16)12-9-11-5(4-17-9)3-7(13)14/h1-2,4H,3H2,(H,11,12)(H,13,14). The van der Waals surface area contributed by atoms with Gasteiger partial charge in [-0.1, -0.05) is 0 Å². The lowest BCUT2D eigenvalue weighted by Crippen LogP contribution is -2.11. The molecule has 2 aromatic heterocycles. The molecule has 0 atom stereocenters. The fraction of sp³-hybridized carbons (Fsp3) is 0.111. The minimum Gasteiger partial charge on any atom is -0.481 e. The number of hydrogen-bond donors (Lipinski definition) is 2. The van der Waals surface area contributed by atoms with Crippen molar-refractivity contribution < 1.29 is 18.3 Å². The first-order valence-electron chi connectivity index (χ1n) is 4.81. The average Bonchev–Trinajstić information content (AvgIpc) is 2.87. The third-order valence-corrected chi connectivity index (χ3v) is 6.31. The first-order valence-corrected chi connectivity index (χ1v) is 8.78. The topological polar surface area (TPSA) is 96.4 Å². The maximum atomic E-state index is 12.0. The second-order valence-electron chi connectivity index (χ2n) is 3.38. The van der Waals surface area contributed by atoms with E-state index in [1.165, 1.54) is 11.4 Å². The molecule has 19 heavy (non-hydrogen) atoms. The molecule has 0 saturated carbocycles. The molecule has 2 heterocycles. The summed E-state index contributed by atoms with van der Waals surface area (Å²) in [5.74, 6) is -1.01. The highest BCUT2D eigenvalue weighted by molar-refractivity contribution is 9.11. The number of aliphatic carboxylic acids is 1. The van der Waals surface area contributed by atoms with Gasteiger partial charge in [0.25, 0.3) is 10.0 Å². The van der Waals surface area contributed by atoms with Gasteiger partial charge in [-0.15, -0.1) is 22.7 Å². The smallest absolute Gasteiger partial charge is 0.309 e. The van der Waals surface area contributed by atoms with E-state index in [1.54, 1.807) is 6.07 Å². The summed E-state index contributed by atoms with van der Waals surface area (Å²) in [6.45, 7) is 0. The Labute approximate surface area is 125 Å². The minimum atomic E-state index is -3.67. The van der Waals surface area contributed by atoms with Gasteiger partial charge in [0.1, 0.15) is 4.21 Å². The van der Waals surface area contributed by atoms with Crippen molar-refractivity contribution in [3.63, 3.8) is 0 Å². The van der Waals surface area contributed by atoms with Crippen LogP contribution in [0, 0.1) is 0 Å². The molecule has 0 amide bonds. The molecule has 2 aromatic rings. The summed E-state index contributed by atoms with van der Waals surface area (Å²) in [5, 5.41) is 10.3. The molecule has 2 rings (SSSR count). The molecule has 0 aliphatic heterocycles. The summed E-state index contributed by atoms with van der Waals surface area (Å²) in [6.07, 6.45) is -0.233. The maximum absolute atomic E-state index is 12.0. The number of anilines is 1. The molecular formula is C9H7BrN2O4S3. The third-order valence-electron chi connectivity index (χ3n) is 1.92. The van der Waals surface area contributed by atoms with E-state index < -0.39 is 16.0 Å². The lowest BCUT2D eigenvalue weighted by Gasteiger charge is -2.01. The molecule has 0 bridgehead atoms. The van der Waals surface area contributed by atoms with Gasteiger partial charge in [-0.05, 0) is 28.1 Å². The number of sulfonamides is 1. The van der Waals surface area contributed by atoms with E-state index in [0.29, 0.717) is 9.48 Å². The van der Waals surface area contributed by atoms with Crippen LogP contribution >= 0.6 is 38.6 Å². The number of nitrogens with zero attached hydrogens (tertiary/aromatic N) is 1. The Bertz CT molecular complexity index is 707. The number of nitrogens with one attached hydrogen (secondary N) is 1. The quantitative estimate of drug-likeness (QED) is 0.827. The Balaban J connectivity index is 2.16. The van der Waals surface area contributed by atoms with Crippen molar-refractivity contribution in [3.05, 3.63) is 27.0 Å². The summed E-state index contributed by atoms with van der Waals surface area (Å²) in [4.78, 5) is 14.4. The molecule has 6 nitrogen and oxygen atoms in total. The normalized spacial score (nSPS) is 11.4. The molecular weight excluding hydrogens is 376 g/mol. The van der Waals surface area contributed by atoms with E-state index >= 15 is 0 Å². The van der Waals surface area contributed by atoms with Crippen LogP contribution in [-0.2, 0) is 21.2 Å². The average molecular weight is 383 g/mol. The first-order chi connectivity index (χ1) is 8.87. The highest BCUT2D eigenvalue weighted by atomic mass is 79.9. The van der Waals surface area contributed by atoms with Crippen molar-refractivity contribution in [1.82, 2.24) is 4.98 Å². The summed E-state index contributed by atoms with van der Waals surface area (Å²) in [7, 11) is -3.67. The van der Waals surface area contributed by atoms with Crippen LogP contribution < -0.4 is 4.72 Å². The Hall–Kier alpha value is -0.970. The number of carboxylic acids is 1. The second kappa shape index (κ2) is 5.57. The lowest BCUT2D eigenvalue weighted by atomic mass is 10.3. The van der Waals surface area contributed by atoms with Crippen molar-refractivity contribution >= 4 is 59.7 Å². The van der Waals surface area contributed by atoms with Gasteiger partial charge in [-0.3, -0.25) is 9.52 Å². The minimum absolute atomic E-state index is 0.153. The zero-order chi connectivity index (χ0) is 14.0. The zero-order valence-corrected chi connectivity index (χ0v) is 13.2. The van der Waals surface area contributed by atoms with Crippen LogP contribution in [0.25, 0.3) is 0 Å². The monoisotopic (exact) mass is 382 g/mol. The van der Waals surface area contributed by atoms with Crippen LogP contribution in [0.3, 0.4) is 0 Å². The van der Waals surface area contributed by atoms with E-state index in [9.17, 15) is 13.2 Å². The van der Waals surface area contributed by atoms with Gasteiger partial charge in [-0.2, -0.15) is 0 Å². The number of thiophene rings is 1. The molecule has 0 aliphatic rings. The number of carbonyl (C=O) groups is 1. The molecule has 0 aromatic carbocycles. The van der Waals surface area contributed by atoms with E-state index in [2.05, 4.69) is 25.6 Å². The fourth-order valence-corrected chi connectivity index (χ4v) is 5.17. The Morgan fingerprint density at radius 3 is 2.79 bits per heavy atom. The highest BCUT2D eigenvalue weighted by Gasteiger charge is 2.18. The predicted octanol–water partition coefficient (Wildman–Crippen LogP) is 2.40. The lowest BCUT2D eigenvalue weighted by molar-refractivity contribution is -0.136. The number of hydrogen-bond acceptors (Lipinski definition) is 6. The molecule has 0 saturated heterocycles. The van der Waals surface area contributed by atoms with E-state index in [1.807, 2.05) is 0 Å². The summed E-state index contributed by atoms with van der Waals surface area (Å²) in [5.41, 5.74) is 0.322. The van der Waals surface area contributed by atoms with Gasteiger partial charge in [0, 0.05) is 5.38 Å². The second-order valence-corrected chi connectivity index (χ2v) is 8.61. The van der Waals surface area contributed by atoms with Gasteiger partial charge in [0.05, 0.1) is 15.9 Å². The highest BCUT2D eigenvalue weighted by Crippen LogP contribution is 2.28. The number of rotatable bonds is 5. The van der Waals surface area contributed by atoms with Crippen LogP contribution in [0.5, 0.6) is 0 Å². The van der Waals surface area contributed by atoms with Crippen LogP contribution in [-0.4, -0.2) is 24.5 Å². The molecule has 0 spiro atoms. The van der Waals surface area contributed by atoms with Crippen molar-refractivity contribution in [2.24, 2.45) is 0 Å². The third kappa shape index (κ3) is 3.75. The SMILES string of the molecule is O=C(O)Cc1csc(NS(=O)(=O)c2ccc(Br)s2)n1. The Morgan fingerprint density at radius 1 is 1.47 bits per heavy atom. The number of thiazole rings is 1. The molecule has 0 fully saturated rings. The largest absolute Gasteiger partial charge is 0.481 e. The summed E-state index contributed by atoms with van der Waals surface area (Å²) < 4.78 is 27.1. The van der Waals surface area contributed by atoms with Crippen molar-refractivity contribution in [2.45, 2.75) is 10.6 Å². The Kier molecular flexibility index (Phi) is 4.23. The van der Waals surface area contributed by atoms with Crippen molar-refractivity contribution in [2.75, 3.05) is 4.72 Å². The molecule has 2 N–H and O–H groups in total. The van der Waals surface area contributed by atoms with Crippen LogP contribution in [0.2, 0.25) is 0 Å². The molecule has 0 radical (unpaired) electrons. The predicted molar refractivity (Wildman–Crippen MR) is 76.3 cm³/mol. The van der Waals surface area contributed by atoms with Crippen LogP contribution in [0.4, 0.5) is 5.13 Å². The fourth-order valence-electron chi connectivity index (χ4n) is 1.20. The molecule has 10 heteroatoms. The summed E-state index contributed by atoms with van der Waals surface area (Å²) >= 11 is 5.32. The number of aromatic nitrogens is 1. The van der Waals surface area contributed by atoms with E-state index in [-0.39, 0.29) is 15.8 Å². The summed E-state index contributed by atoms with van der Waals surface area (Å²) in [6, 6.07) is 3.11. The van der Waals surface area contributed by atoms with Crippen LogP contribution in [0.1, 0.15) is 5.69 Å². The van der Waals surface area contributed by atoms with Crippen molar-refractivity contribution in [1.29, 1.82) is 0 Å². The Morgan fingerprint density at radius 2 is 2.21 bits per heavy atom. The van der Waals surface area contributed by atoms with E-state index in [0.717, 1.165) is 22.7 Å². The van der Waals surface area contributed by atoms with Crippen molar-refractivity contribution in [3.8, 4) is 0 Å². The molecule has 0 unspecified atom stereocenters. The van der Waals surface area contributed by atoms with Gasteiger partial charge >= 0.3 is 5.97 Å². The maximum Gasteiger partial charge on any atom is 0.309 e. The van der Waals surface area contributed by atoms with Crippen LogP contribution in [0.15, 0.2) is 25.5 Å². The number of carboxylic acid groups (broad SMARTS) is 1. The zero-order valence-electron chi connectivity index (χ0n) is 9.16. The van der Waals surface area contributed by atoms with E-state index in [4.69, 9.17) is 5.11 Å². The van der Waals surface area contributed by atoms with Gasteiger partial charge in [-0.25, -0.2) is 13.4 Å². The van der Waals surface area contributed by atoms with Gasteiger partial charge in [0.15, 0.2) is 5.13 Å².